The maximum atomic E-state index is 4.73. The zero-order valence-corrected chi connectivity index (χ0v) is 10.3. The van der Waals surface area contributed by atoms with Crippen molar-refractivity contribution in [2.45, 2.75) is 64.0 Å². The molecule has 0 bridgehead atoms. The number of nitrogens with zero attached hydrogens (tertiary/aromatic N) is 2. The second-order valence-electron chi connectivity index (χ2n) is 5.71. The lowest BCUT2D eigenvalue weighted by molar-refractivity contribution is 0.167. The number of hydrogen-bond acceptors (Lipinski definition) is 4. The molecule has 4 heteroatoms. The van der Waals surface area contributed by atoms with Gasteiger partial charge in [0, 0.05) is 6.04 Å². The molecule has 1 heterocycles. The fourth-order valence-corrected chi connectivity index (χ4v) is 3.57. The molecule has 2 fully saturated rings. The highest BCUT2D eigenvalue weighted by molar-refractivity contribution is 4.91. The predicted octanol–water partition coefficient (Wildman–Crippen LogP) is 2.66. The molecule has 0 aliphatic heterocycles. The molecule has 0 aromatic carbocycles. The maximum Gasteiger partial charge on any atom is 0.213 e. The van der Waals surface area contributed by atoms with Crippen molar-refractivity contribution >= 4 is 0 Å². The highest BCUT2D eigenvalue weighted by Crippen LogP contribution is 2.48. The van der Waals surface area contributed by atoms with Crippen molar-refractivity contribution in [1.29, 1.82) is 0 Å². The fourth-order valence-electron chi connectivity index (χ4n) is 3.57. The monoisotopic (exact) mass is 235 g/mol. The fraction of sp³-hybridized carbons (Fsp3) is 0.846. The molecule has 0 amide bonds. The third-order valence-corrected chi connectivity index (χ3v) is 4.67. The van der Waals surface area contributed by atoms with Crippen LogP contribution in [0.2, 0.25) is 0 Å². The molecule has 2 aliphatic rings. The molecule has 2 saturated carbocycles. The molecule has 4 nitrogen and oxygen atoms in total. The third kappa shape index (κ3) is 2.51. The second-order valence-corrected chi connectivity index (χ2v) is 5.71. The van der Waals surface area contributed by atoms with Gasteiger partial charge in [0.25, 0.3) is 0 Å². The Morgan fingerprint density at radius 3 is 2.65 bits per heavy atom. The minimum atomic E-state index is 0.653. The Labute approximate surface area is 102 Å². The number of hydrogen-bond donors (Lipinski definition) is 1. The Kier molecular flexibility index (Phi) is 3.14. The molecule has 94 valence electrons. The second kappa shape index (κ2) is 4.77. The summed E-state index contributed by atoms with van der Waals surface area (Å²) in [4.78, 5) is 4.03. The predicted molar refractivity (Wildman–Crippen MR) is 64.3 cm³/mol. The van der Waals surface area contributed by atoms with E-state index in [1.165, 1.54) is 57.8 Å². The topological polar surface area (TPSA) is 51.0 Å². The van der Waals surface area contributed by atoms with Crippen molar-refractivity contribution in [2.75, 3.05) is 0 Å². The van der Waals surface area contributed by atoms with Crippen LogP contribution in [-0.4, -0.2) is 16.2 Å². The lowest BCUT2D eigenvalue weighted by atomic mass is 9.71. The van der Waals surface area contributed by atoms with Crippen LogP contribution in [0.25, 0.3) is 0 Å². The molecule has 2 aliphatic carbocycles. The summed E-state index contributed by atoms with van der Waals surface area (Å²) in [6.45, 7) is 0.744. The summed E-state index contributed by atoms with van der Waals surface area (Å²) in [6.07, 6.45) is 12.7. The van der Waals surface area contributed by atoms with E-state index in [9.17, 15) is 0 Å². The van der Waals surface area contributed by atoms with Gasteiger partial charge in [-0.2, -0.15) is 4.98 Å². The van der Waals surface area contributed by atoms with Gasteiger partial charge in [-0.1, -0.05) is 18.0 Å². The van der Waals surface area contributed by atoms with Crippen molar-refractivity contribution in [1.82, 2.24) is 15.5 Å². The van der Waals surface area contributed by atoms with Gasteiger partial charge in [-0.05, 0) is 43.9 Å². The van der Waals surface area contributed by atoms with E-state index >= 15 is 0 Å². The van der Waals surface area contributed by atoms with Gasteiger partial charge in [0.05, 0.1) is 6.54 Å². The number of aromatic nitrogens is 2. The molecule has 1 aromatic rings. The van der Waals surface area contributed by atoms with Crippen molar-refractivity contribution < 1.29 is 4.52 Å². The molecule has 0 unspecified atom stereocenters. The molecule has 0 radical (unpaired) electrons. The van der Waals surface area contributed by atoms with Crippen molar-refractivity contribution in [3.05, 3.63) is 12.2 Å². The van der Waals surface area contributed by atoms with Crippen LogP contribution in [0.4, 0.5) is 0 Å². The van der Waals surface area contributed by atoms with Gasteiger partial charge in [-0.3, -0.25) is 0 Å². The summed E-state index contributed by atoms with van der Waals surface area (Å²) in [5.74, 6) is 0.770. The van der Waals surface area contributed by atoms with Gasteiger partial charge in [-0.25, -0.2) is 0 Å². The van der Waals surface area contributed by atoms with Crippen LogP contribution in [0, 0.1) is 5.41 Å². The zero-order valence-electron chi connectivity index (χ0n) is 10.3. The lowest BCUT2D eigenvalue weighted by Gasteiger charge is -2.37. The minimum Gasteiger partial charge on any atom is -0.343 e. The summed E-state index contributed by atoms with van der Waals surface area (Å²) in [5.41, 5.74) is 0.727. The van der Waals surface area contributed by atoms with Crippen molar-refractivity contribution in [3.63, 3.8) is 0 Å². The van der Waals surface area contributed by atoms with Gasteiger partial charge in [-0.15, -0.1) is 0 Å². The molecule has 0 saturated heterocycles. The summed E-state index contributed by atoms with van der Waals surface area (Å²) >= 11 is 0. The first-order chi connectivity index (χ1) is 8.36. The van der Waals surface area contributed by atoms with Crippen LogP contribution >= 0.6 is 0 Å². The van der Waals surface area contributed by atoms with Crippen LogP contribution < -0.4 is 5.32 Å². The van der Waals surface area contributed by atoms with Gasteiger partial charge in [0.2, 0.25) is 6.39 Å². The average Bonchev–Trinajstić information content (AvgIpc) is 3.01. The van der Waals surface area contributed by atoms with Crippen LogP contribution in [0.5, 0.6) is 0 Å². The summed E-state index contributed by atoms with van der Waals surface area (Å²) in [7, 11) is 0. The van der Waals surface area contributed by atoms with E-state index in [4.69, 9.17) is 4.52 Å². The van der Waals surface area contributed by atoms with Gasteiger partial charge in [0.15, 0.2) is 5.82 Å². The average molecular weight is 235 g/mol. The van der Waals surface area contributed by atoms with Gasteiger partial charge >= 0.3 is 0 Å². The first kappa shape index (κ1) is 11.2. The lowest BCUT2D eigenvalue weighted by Crippen LogP contribution is -2.36. The van der Waals surface area contributed by atoms with E-state index < -0.39 is 0 Å². The largest absolute Gasteiger partial charge is 0.343 e. The number of rotatable bonds is 3. The van der Waals surface area contributed by atoms with E-state index in [1.807, 2.05) is 0 Å². The Balaban J connectivity index is 1.45. The van der Waals surface area contributed by atoms with Crippen LogP contribution in [-0.2, 0) is 6.54 Å². The highest BCUT2D eigenvalue weighted by atomic mass is 16.5. The third-order valence-electron chi connectivity index (χ3n) is 4.67. The van der Waals surface area contributed by atoms with Crippen molar-refractivity contribution in [3.8, 4) is 0 Å². The van der Waals surface area contributed by atoms with Crippen molar-refractivity contribution in [2.24, 2.45) is 5.41 Å². The SMILES string of the molecule is c1nc(CNC2CCC3(CCCC3)CC2)no1. The Morgan fingerprint density at radius 1 is 1.24 bits per heavy atom. The Bertz CT molecular complexity index is 334. The van der Waals surface area contributed by atoms with Gasteiger partial charge in [0.1, 0.15) is 0 Å². The van der Waals surface area contributed by atoms with E-state index in [1.54, 1.807) is 0 Å². The standard InChI is InChI=1S/C13H21N3O/c1-2-6-13(5-1)7-3-11(4-8-13)14-9-12-15-10-17-16-12/h10-11,14H,1-9H2. The Hall–Kier alpha value is -0.900. The quantitative estimate of drug-likeness (QED) is 0.875. The minimum absolute atomic E-state index is 0.653. The zero-order chi connectivity index (χ0) is 11.6. The molecule has 1 aromatic heterocycles. The summed E-state index contributed by atoms with van der Waals surface area (Å²) in [5, 5.41) is 7.37. The van der Waals surface area contributed by atoms with E-state index in [2.05, 4.69) is 15.5 Å². The Morgan fingerprint density at radius 2 is 2.00 bits per heavy atom. The van der Waals surface area contributed by atoms with E-state index in [-0.39, 0.29) is 0 Å². The first-order valence-corrected chi connectivity index (χ1v) is 6.85. The summed E-state index contributed by atoms with van der Waals surface area (Å²) in [6, 6.07) is 0.653. The summed E-state index contributed by atoms with van der Waals surface area (Å²) < 4.78 is 4.73. The van der Waals surface area contributed by atoms with Crippen LogP contribution in [0.3, 0.4) is 0 Å². The van der Waals surface area contributed by atoms with Crippen LogP contribution in [0.15, 0.2) is 10.9 Å². The van der Waals surface area contributed by atoms with E-state index in [0.29, 0.717) is 6.04 Å². The molecule has 0 atom stereocenters. The highest BCUT2D eigenvalue weighted by Gasteiger charge is 2.37. The molecule has 3 rings (SSSR count). The van der Waals surface area contributed by atoms with E-state index in [0.717, 1.165) is 17.8 Å². The molecule has 1 spiro atoms. The van der Waals surface area contributed by atoms with Crippen LogP contribution in [0.1, 0.15) is 57.2 Å². The smallest absolute Gasteiger partial charge is 0.213 e. The molecule has 17 heavy (non-hydrogen) atoms. The molecular formula is C13H21N3O. The first-order valence-electron chi connectivity index (χ1n) is 6.85. The van der Waals surface area contributed by atoms with Gasteiger partial charge < -0.3 is 9.84 Å². The number of nitrogens with one attached hydrogen (secondary N) is 1. The maximum absolute atomic E-state index is 4.73. The molecule has 1 N–H and O–H groups in total. The normalized spacial score (nSPS) is 24.5. The molecular weight excluding hydrogens is 214 g/mol.